The lowest BCUT2D eigenvalue weighted by molar-refractivity contribution is -0.149. The predicted molar refractivity (Wildman–Crippen MR) is 244 cm³/mol. The third-order valence-electron chi connectivity index (χ3n) is 11.9. The average Bonchev–Trinajstić information content (AvgIpc) is 4.12. The second-order valence-electron chi connectivity index (χ2n) is 16.2. The number of rotatable bonds is 22. The molecule has 68 heavy (non-hydrogen) atoms. The fraction of sp³-hybridized carbons (Fsp3) is 0.404. The van der Waals surface area contributed by atoms with Gasteiger partial charge in [0.25, 0.3) is 23.6 Å². The van der Waals surface area contributed by atoms with Gasteiger partial charge in [-0.3, -0.25) is 43.7 Å². The molecule has 2 fully saturated rings. The van der Waals surface area contributed by atoms with Gasteiger partial charge in [0.1, 0.15) is 17.6 Å². The summed E-state index contributed by atoms with van der Waals surface area (Å²) >= 11 is 0. The van der Waals surface area contributed by atoms with E-state index in [9.17, 15) is 28.8 Å². The highest BCUT2D eigenvalue weighted by Gasteiger charge is 2.47. The van der Waals surface area contributed by atoms with Crippen molar-refractivity contribution in [3.63, 3.8) is 0 Å². The number of benzene rings is 1. The van der Waals surface area contributed by atoms with E-state index in [0.717, 1.165) is 15.5 Å². The van der Waals surface area contributed by atoms with Crippen molar-refractivity contribution in [1.29, 1.82) is 0 Å². The number of ether oxygens (including phenoxy) is 4. The van der Waals surface area contributed by atoms with Crippen molar-refractivity contribution in [2.24, 2.45) is 0 Å². The normalized spacial score (nSPS) is 16.4. The van der Waals surface area contributed by atoms with Crippen LogP contribution in [-0.2, 0) is 33.3 Å². The van der Waals surface area contributed by atoms with Crippen molar-refractivity contribution in [2.75, 3.05) is 90.2 Å². The summed E-state index contributed by atoms with van der Waals surface area (Å²) in [6, 6.07) is 18.2. The molecule has 1 atom stereocenters. The van der Waals surface area contributed by atoms with Crippen LogP contribution in [0.5, 0.6) is 0 Å². The predicted octanol–water partition coefficient (Wildman–Crippen LogP) is 3.32. The van der Waals surface area contributed by atoms with E-state index in [4.69, 9.17) is 24.0 Å². The Hall–Kier alpha value is -7.20. The van der Waals surface area contributed by atoms with Crippen molar-refractivity contribution in [3.05, 3.63) is 102 Å². The van der Waals surface area contributed by atoms with Crippen molar-refractivity contribution < 1.29 is 47.7 Å². The van der Waals surface area contributed by atoms with Crippen LogP contribution in [0.25, 0.3) is 17.2 Å². The molecule has 356 valence electrons. The standard InChI is InChI=1S/C47H53N11O10/c1-55-41(59)12-11-38(46(55)63)57-45(62)32-6-4-8-35(43(32)47(57)64)48-19-23-66-25-27-68-29-28-67-26-24-65-22-16-42(60)56-20-14-31(15-21-56)37-30-40(58(54-37)39-10-2-3-17-49-39)52-44(61)36-9-5-7-33(51-36)34-13-18-50-53-34/h2-10,13,17-18,30-31,38,48H,11-12,14-16,19-29H2,1H3,(H,50,53)(H,52,61). The third kappa shape index (κ3) is 11.1. The number of aromatic amines is 1. The molecule has 6 amide bonds. The van der Waals surface area contributed by atoms with Gasteiger partial charge in [-0.05, 0) is 61.7 Å². The first-order chi connectivity index (χ1) is 33.2. The summed E-state index contributed by atoms with van der Waals surface area (Å²) in [4.78, 5) is 90.4. The number of nitrogens with one attached hydrogen (secondary N) is 3. The van der Waals surface area contributed by atoms with Crippen LogP contribution in [0.4, 0.5) is 11.5 Å². The number of piperidine rings is 2. The van der Waals surface area contributed by atoms with Crippen LogP contribution in [0, 0.1) is 0 Å². The Kier molecular flexibility index (Phi) is 15.7. The Labute approximate surface area is 391 Å². The Balaban J connectivity index is 0.669. The minimum atomic E-state index is -1.01. The highest BCUT2D eigenvalue weighted by Crippen LogP contribution is 2.34. The van der Waals surface area contributed by atoms with Gasteiger partial charge in [0.15, 0.2) is 5.82 Å². The smallest absolute Gasteiger partial charge is 0.275 e. The quantitative estimate of drug-likeness (QED) is 0.0666. The van der Waals surface area contributed by atoms with Gasteiger partial charge in [-0.1, -0.05) is 18.2 Å². The van der Waals surface area contributed by atoms with E-state index >= 15 is 0 Å². The lowest BCUT2D eigenvalue weighted by Crippen LogP contribution is -2.54. The fourth-order valence-corrected chi connectivity index (χ4v) is 8.26. The van der Waals surface area contributed by atoms with E-state index in [-0.39, 0.29) is 60.4 Å². The monoisotopic (exact) mass is 931 g/mol. The molecule has 0 spiro atoms. The molecule has 4 aromatic heterocycles. The highest BCUT2D eigenvalue weighted by atomic mass is 16.6. The number of fused-ring (bicyclic) bond motifs is 1. The van der Waals surface area contributed by atoms with Gasteiger partial charge in [-0.25, -0.2) is 9.97 Å². The van der Waals surface area contributed by atoms with Crippen LogP contribution in [0.2, 0.25) is 0 Å². The number of carbonyl (C=O) groups is 6. The molecular weight excluding hydrogens is 879 g/mol. The van der Waals surface area contributed by atoms with Gasteiger partial charge in [-0.2, -0.15) is 14.9 Å². The number of likely N-dealkylation sites (N-methyl/N-ethyl adjacent to an activating group) is 1. The first kappa shape index (κ1) is 47.3. The van der Waals surface area contributed by atoms with E-state index < -0.39 is 29.7 Å². The van der Waals surface area contributed by atoms with Gasteiger partial charge in [0.05, 0.1) is 87.5 Å². The molecule has 1 unspecified atom stereocenters. The second-order valence-corrected chi connectivity index (χ2v) is 16.2. The fourth-order valence-electron chi connectivity index (χ4n) is 8.26. The number of hydrogen-bond acceptors (Lipinski definition) is 15. The average molecular weight is 932 g/mol. The van der Waals surface area contributed by atoms with E-state index in [1.54, 1.807) is 59.5 Å². The molecule has 21 heteroatoms. The van der Waals surface area contributed by atoms with Crippen LogP contribution >= 0.6 is 0 Å². The summed E-state index contributed by atoms with van der Waals surface area (Å²) in [6.45, 7) is 4.23. The summed E-state index contributed by atoms with van der Waals surface area (Å²) in [5, 5.41) is 17.8. The topological polar surface area (TPSA) is 245 Å². The highest BCUT2D eigenvalue weighted by molar-refractivity contribution is 6.25. The Morgan fingerprint density at radius 2 is 1.53 bits per heavy atom. The van der Waals surface area contributed by atoms with Crippen molar-refractivity contribution in [2.45, 2.75) is 44.1 Å². The summed E-state index contributed by atoms with van der Waals surface area (Å²) in [5.41, 5.74) is 3.21. The zero-order chi connectivity index (χ0) is 47.4. The molecule has 5 aromatic rings. The van der Waals surface area contributed by atoms with Crippen LogP contribution in [0.15, 0.2) is 79.1 Å². The Morgan fingerprint density at radius 1 is 0.794 bits per heavy atom. The van der Waals surface area contributed by atoms with Crippen LogP contribution in [0.1, 0.15) is 74.9 Å². The number of hydrogen-bond donors (Lipinski definition) is 3. The zero-order valence-electron chi connectivity index (χ0n) is 37.6. The van der Waals surface area contributed by atoms with Crippen LogP contribution in [-0.4, -0.2) is 166 Å². The SMILES string of the molecule is CN1C(=O)CCC(N2C(=O)c3cccc(NCCOCCOCCOCCOCCC(=O)N4CCC(c5cc(NC(=O)c6cccc(-c7ccn[nH]7)n6)n(-c6ccccn6)n5)CC4)c3C2=O)C1=O. The molecule has 3 aliphatic rings. The molecule has 1 aromatic carbocycles. The van der Waals surface area contributed by atoms with Gasteiger partial charge in [-0.15, -0.1) is 0 Å². The minimum absolute atomic E-state index is 0.0246. The first-order valence-electron chi connectivity index (χ1n) is 22.6. The number of carbonyl (C=O) groups excluding carboxylic acids is 6. The summed E-state index contributed by atoms with van der Waals surface area (Å²) < 4.78 is 24.1. The van der Waals surface area contributed by atoms with Crippen LogP contribution in [0.3, 0.4) is 0 Å². The number of imide groups is 2. The lowest BCUT2D eigenvalue weighted by atomic mass is 9.93. The number of nitrogens with zero attached hydrogens (tertiary/aromatic N) is 8. The largest absolute Gasteiger partial charge is 0.382 e. The van der Waals surface area contributed by atoms with Crippen LogP contribution < -0.4 is 10.6 Å². The number of anilines is 2. The summed E-state index contributed by atoms with van der Waals surface area (Å²) in [6.07, 6.45) is 5.16. The Bertz CT molecular complexity index is 2580. The minimum Gasteiger partial charge on any atom is -0.382 e. The maximum atomic E-state index is 13.4. The summed E-state index contributed by atoms with van der Waals surface area (Å²) in [5.74, 6) is -1.29. The Morgan fingerprint density at radius 3 is 2.25 bits per heavy atom. The molecule has 0 aliphatic carbocycles. The van der Waals surface area contributed by atoms with Gasteiger partial charge < -0.3 is 34.5 Å². The maximum Gasteiger partial charge on any atom is 0.275 e. The molecule has 3 aliphatic heterocycles. The first-order valence-corrected chi connectivity index (χ1v) is 22.6. The van der Waals surface area contributed by atoms with Gasteiger partial charge in [0.2, 0.25) is 11.8 Å². The number of amides is 6. The number of pyridine rings is 2. The van der Waals surface area contributed by atoms with E-state index in [1.165, 1.54) is 7.05 Å². The van der Waals surface area contributed by atoms with Crippen molar-refractivity contribution >= 4 is 46.9 Å². The van der Waals surface area contributed by atoms with Gasteiger partial charge in [0, 0.05) is 63.2 Å². The van der Waals surface area contributed by atoms with Gasteiger partial charge >= 0.3 is 0 Å². The molecule has 3 N–H and O–H groups in total. The van der Waals surface area contributed by atoms with Crippen molar-refractivity contribution in [3.8, 4) is 17.2 Å². The number of likely N-dealkylation sites (tertiary alicyclic amines) is 2. The summed E-state index contributed by atoms with van der Waals surface area (Å²) in [7, 11) is 1.36. The third-order valence-corrected chi connectivity index (χ3v) is 11.9. The molecule has 7 heterocycles. The number of aromatic nitrogens is 6. The molecule has 8 rings (SSSR count). The molecular formula is C47H53N11O10. The number of H-pyrrole nitrogens is 1. The maximum absolute atomic E-state index is 13.4. The molecule has 21 nitrogen and oxygen atoms in total. The van der Waals surface area contributed by atoms with Crippen molar-refractivity contribution in [1.82, 2.24) is 44.6 Å². The van der Waals surface area contributed by atoms with E-state index in [2.05, 4.69) is 30.8 Å². The molecule has 0 bridgehead atoms. The molecule has 0 radical (unpaired) electrons. The van der Waals surface area contributed by atoms with E-state index in [0.29, 0.717) is 107 Å². The second kappa shape index (κ2) is 22.5. The molecule has 0 saturated carbocycles. The zero-order valence-corrected chi connectivity index (χ0v) is 37.6. The molecule has 2 saturated heterocycles. The van der Waals surface area contributed by atoms with E-state index in [1.807, 2.05) is 29.2 Å². The lowest BCUT2D eigenvalue weighted by Gasteiger charge is -2.32.